The summed E-state index contributed by atoms with van der Waals surface area (Å²) in [5, 5.41) is 6.37. The summed E-state index contributed by atoms with van der Waals surface area (Å²) in [6, 6.07) is 3.99. The van der Waals surface area contributed by atoms with E-state index in [9.17, 15) is 13.2 Å². The van der Waals surface area contributed by atoms with Crippen LogP contribution in [0.15, 0.2) is 23.3 Å². The van der Waals surface area contributed by atoms with Gasteiger partial charge in [-0.25, -0.2) is 4.98 Å². The number of piperidine rings is 1. The Hall–Kier alpha value is -2.03. The van der Waals surface area contributed by atoms with E-state index in [0.29, 0.717) is 17.6 Å². The number of halogens is 3. The smallest absolute Gasteiger partial charge is 0.422 e. The Kier molecular flexibility index (Phi) is 8.82. The van der Waals surface area contributed by atoms with Gasteiger partial charge in [-0.2, -0.15) is 13.2 Å². The predicted molar refractivity (Wildman–Crippen MR) is 103 cm³/mol. The summed E-state index contributed by atoms with van der Waals surface area (Å²) in [4.78, 5) is 10.6. The lowest BCUT2D eigenvalue weighted by atomic mass is 10.0. The lowest BCUT2D eigenvalue weighted by Crippen LogP contribution is -2.45. The first kappa shape index (κ1) is 22.3. The van der Waals surface area contributed by atoms with Gasteiger partial charge in [0, 0.05) is 44.5 Å². The van der Waals surface area contributed by atoms with Crippen LogP contribution in [0.25, 0.3) is 0 Å². The van der Waals surface area contributed by atoms with Gasteiger partial charge < -0.3 is 15.4 Å². The number of aromatic nitrogens is 1. The highest BCUT2D eigenvalue weighted by Gasteiger charge is 2.29. The van der Waals surface area contributed by atoms with Gasteiger partial charge in [0.25, 0.3) is 0 Å². The number of rotatable bonds is 8. The molecule has 2 heterocycles. The third-order valence-corrected chi connectivity index (χ3v) is 4.80. The highest BCUT2D eigenvalue weighted by Crippen LogP contribution is 2.20. The molecule has 0 radical (unpaired) electrons. The molecule has 0 aliphatic carbocycles. The largest absolute Gasteiger partial charge is 0.468 e. The molecule has 1 saturated heterocycles. The number of guanidine groups is 1. The fourth-order valence-corrected chi connectivity index (χ4v) is 3.37. The number of likely N-dealkylation sites (tertiary alicyclic amines) is 1. The summed E-state index contributed by atoms with van der Waals surface area (Å²) in [6.45, 7) is 3.94. The van der Waals surface area contributed by atoms with Crippen molar-refractivity contribution in [2.45, 2.75) is 51.4 Å². The number of hydrogen-bond donors (Lipinski definition) is 2. The number of pyridine rings is 1. The molecule has 0 spiro atoms. The minimum atomic E-state index is -4.40. The maximum absolute atomic E-state index is 12.4. The van der Waals surface area contributed by atoms with Crippen LogP contribution in [-0.2, 0) is 6.54 Å². The van der Waals surface area contributed by atoms with E-state index in [2.05, 4.69) is 32.4 Å². The first-order valence-electron chi connectivity index (χ1n) is 9.75. The average molecular weight is 401 g/mol. The van der Waals surface area contributed by atoms with Crippen molar-refractivity contribution in [3.05, 3.63) is 23.9 Å². The molecule has 6 nitrogen and oxygen atoms in total. The fraction of sp³-hybridized carbons (Fsp3) is 0.684. The summed E-state index contributed by atoms with van der Waals surface area (Å²) in [7, 11) is 1.66. The van der Waals surface area contributed by atoms with Gasteiger partial charge in [0.1, 0.15) is 0 Å². The topological polar surface area (TPSA) is 61.8 Å². The molecule has 0 bridgehead atoms. The second kappa shape index (κ2) is 11.1. The Bertz CT molecular complexity index is 624. The van der Waals surface area contributed by atoms with Gasteiger partial charge in [0.2, 0.25) is 5.88 Å². The number of nitrogens with zero attached hydrogens (tertiary/aromatic N) is 3. The molecule has 1 aliphatic rings. The third kappa shape index (κ3) is 7.53. The second-order valence-electron chi connectivity index (χ2n) is 6.82. The van der Waals surface area contributed by atoms with E-state index in [-0.39, 0.29) is 12.4 Å². The molecule has 2 N–H and O–H groups in total. The van der Waals surface area contributed by atoms with Crippen molar-refractivity contribution in [2.75, 3.05) is 33.3 Å². The maximum atomic E-state index is 12.4. The molecule has 0 aromatic carbocycles. The van der Waals surface area contributed by atoms with Crippen LogP contribution >= 0.6 is 0 Å². The average Bonchev–Trinajstić information content (AvgIpc) is 2.69. The molecule has 0 amide bonds. The van der Waals surface area contributed by atoms with Gasteiger partial charge >= 0.3 is 6.18 Å². The lowest BCUT2D eigenvalue weighted by molar-refractivity contribution is -0.154. The van der Waals surface area contributed by atoms with Crippen molar-refractivity contribution in [3.8, 4) is 5.88 Å². The van der Waals surface area contributed by atoms with Crippen LogP contribution in [0.2, 0.25) is 0 Å². The van der Waals surface area contributed by atoms with Crippen LogP contribution in [-0.4, -0.2) is 61.4 Å². The molecule has 1 unspecified atom stereocenters. The van der Waals surface area contributed by atoms with E-state index in [1.807, 2.05) is 0 Å². The quantitative estimate of drug-likeness (QED) is 0.518. The zero-order chi connectivity index (χ0) is 20.4. The van der Waals surface area contributed by atoms with Crippen LogP contribution in [0.5, 0.6) is 5.88 Å². The van der Waals surface area contributed by atoms with Crippen molar-refractivity contribution in [3.63, 3.8) is 0 Å². The van der Waals surface area contributed by atoms with Gasteiger partial charge in [-0.1, -0.05) is 19.4 Å². The monoisotopic (exact) mass is 401 g/mol. The van der Waals surface area contributed by atoms with Crippen LogP contribution in [0.1, 0.15) is 38.2 Å². The molecule has 158 valence electrons. The van der Waals surface area contributed by atoms with Crippen LogP contribution in [0, 0.1) is 0 Å². The zero-order valence-electron chi connectivity index (χ0n) is 16.6. The standard InChI is InChI=1S/C19H30F3N5O/c1-3-16-8-4-5-11-27(16)12-10-25-18(23-2)26-13-15-7-6-9-24-17(15)28-14-19(20,21)22/h6-7,9,16H,3-5,8,10-14H2,1-2H3,(H2,23,25,26). The molecular formula is C19H30F3N5O. The van der Waals surface area contributed by atoms with Gasteiger partial charge in [-0.15, -0.1) is 0 Å². The Morgan fingerprint density at radius 2 is 2.18 bits per heavy atom. The Labute approximate surface area is 164 Å². The highest BCUT2D eigenvalue weighted by molar-refractivity contribution is 5.79. The van der Waals surface area contributed by atoms with Crippen molar-refractivity contribution in [1.82, 2.24) is 20.5 Å². The summed E-state index contributed by atoms with van der Waals surface area (Å²) in [6.07, 6.45) is 1.97. The SMILES string of the molecule is CCC1CCCCN1CCNC(=NC)NCc1cccnc1OCC(F)(F)F. The van der Waals surface area contributed by atoms with Gasteiger partial charge in [0.15, 0.2) is 12.6 Å². The number of aliphatic imine (C=N–C) groups is 1. The molecule has 0 saturated carbocycles. The molecule has 28 heavy (non-hydrogen) atoms. The first-order chi connectivity index (χ1) is 13.4. The number of hydrogen-bond acceptors (Lipinski definition) is 4. The highest BCUT2D eigenvalue weighted by atomic mass is 19.4. The van der Waals surface area contributed by atoms with Crippen molar-refractivity contribution in [1.29, 1.82) is 0 Å². The second-order valence-corrected chi connectivity index (χ2v) is 6.82. The number of nitrogens with one attached hydrogen (secondary N) is 2. The molecule has 1 fully saturated rings. The molecular weight excluding hydrogens is 371 g/mol. The van der Waals surface area contributed by atoms with Crippen molar-refractivity contribution in [2.24, 2.45) is 4.99 Å². The summed E-state index contributed by atoms with van der Waals surface area (Å²) in [5.41, 5.74) is 0.539. The van der Waals surface area contributed by atoms with Crippen LogP contribution < -0.4 is 15.4 Å². The molecule has 1 aromatic heterocycles. The van der Waals surface area contributed by atoms with E-state index in [1.54, 1.807) is 19.2 Å². The minimum absolute atomic E-state index is 0.0260. The Morgan fingerprint density at radius 3 is 2.89 bits per heavy atom. The van der Waals surface area contributed by atoms with E-state index in [4.69, 9.17) is 4.74 Å². The summed E-state index contributed by atoms with van der Waals surface area (Å²) >= 11 is 0. The molecule has 9 heteroatoms. The molecule has 1 aliphatic heterocycles. The predicted octanol–water partition coefficient (Wildman–Crippen LogP) is 2.95. The van der Waals surface area contributed by atoms with Crippen LogP contribution in [0.3, 0.4) is 0 Å². The maximum Gasteiger partial charge on any atom is 0.422 e. The molecule has 1 aromatic rings. The van der Waals surface area contributed by atoms with Gasteiger partial charge in [-0.05, 0) is 31.9 Å². The third-order valence-electron chi connectivity index (χ3n) is 4.80. The van der Waals surface area contributed by atoms with E-state index >= 15 is 0 Å². The van der Waals surface area contributed by atoms with Crippen LogP contribution in [0.4, 0.5) is 13.2 Å². The lowest BCUT2D eigenvalue weighted by Gasteiger charge is -2.35. The normalized spacial score (nSPS) is 18.8. The van der Waals surface area contributed by atoms with Gasteiger partial charge in [0.05, 0.1) is 0 Å². The zero-order valence-corrected chi connectivity index (χ0v) is 16.6. The number of ether oxygens (including phenoxy) is 1. The van der Waals surface area contributed by atoms with E-state index in [0.717, 1.165) is 26.1 Å². The Balaban J connectivity index is 1.80. The molecule has 2 rings (SSSR count). The Morgan fingerprint density at radius 1 is 1.36 bits per heavy atom. The summed E-state index contributed by atoms with van der Waals surface area (Å²) in [5.74, 6) is 0.567. The van der Waals surface area contributed by atoms with E-state index in [1.165, 1.54) is 25.5 Å². The fourth-order valence-electron chi connectivity index (χ4n) is 3.37. The molecule has 1 atom stereocenters. The number of alkyl halides is 3. The minimum Gasteiger partial charge on any atom is -0.468 e. The van der Waals surface area contributed by atoms with Crippen molar-refractivity contribution < 1.29 is 17.9 Å². The van der Waals surface area contributed by atoms with E-state index < -0.39 is 12.8 Å². The first-order valence-corrected chi connectivity index (χ1v) is 9.75. The van der Waals surface area contributed by atoms with Crippen molar-refractivity contribution >= 4 is 5.96 Å². The summed E-state index contributed by atoms with van der Waals surface area (Å²) < 4.78 is 42.0. The van der Waals surface area contributed by atoms with Gasteiger partial charge in [-0.3, -0.25) is 9.89 Å².